The Labute approximate surface area is 264 Å². The fourth-order valence-corrected chi connectivity index (χ4v) is 8.41. The Morgan fingerprint density at radius 1 is 0.381 bits per heavy atom. The average Bonchev–Trinajstić information content (AvgIpc) is 3.73. The molecule has 3 aromatic heterocycles. The Hall–Kier alpha value is -2.59. The smallest absolute Gasteiger partial charge is 1.00 e. The van der Waals surface area contributed by atoms with E-state index in [1.807, 2.05) is 0 Å². The van der Waals surface area contributed by atoms with E-state index in [4.69, 9.17) is 19.9 Å². The van der Waals surface area contributed by atoms with Crippen LogP contribution in [-0.4, -0.2) is 9.97 Å². The second-order valence-corrected chi connectivity index (χ2v) is 12.8. The fraction of sp³-hybridized carbons (Fsp3) is 0.444. The van der Waals surface area contributed by atoms with E-state index in [0.717, 1.165) is 96.2 Å². The molecule has 0 aromatic carbocycles. The van der Waals surface area contributed by atoms with Crippen molar-refractivity contribution in [3.8, 4) is 0 Å². The molecule has 0 radical (unpaired) electrons. The van der Waals surface area contributed by atoms with E-state index in [-0.39, 0.29) is 29.5 Å². The summed E-state index contributed by atoms with van der Waals surface area (Å²) in [6.45, 7) is 0. The van der Waals surface area contributed by atoms with Gasteiger partial charge in [-0.05, 0) is 131 Å². The Morgan fingerprint density at radius 2 is 0.667 bits per heavy atom. The van der Waals surface area contributed by atoms with Gasteiger partial charge in [0.25, 0.3) is 0 Å². The topological polar surface area (TPSA) is 54.0 Å². The Morgan fingerprint density at radius 3 is 1.02 bits per heavy atom. The van der Waals surface area contributed by atoms with Crippen LogP contribution in [-0.2, 0) is 42.8 Å². The molecule has 4 nitrogen and oxygen atoms in total. The minimum atomic E-state index is 0. The maximum absolute atomic E-state index is 5.34. The van der Waals surface area contributed by atoms with Crippen LogP contribution in [0.25, 0.3) is 44.4 Å². The number of allylic oxidation sites excluding steroid dienone is 4. The average molecular weight is 615 g/mol. The summed E-state index contributed by atoms with van der Waals surface area (Å²) in [5, 5.41) is 0. The molecule has 0 saturated carbocycles. The minimum absolute atomic E-state index is 0. The van der Waals surface area contributed by atoms with E-state index >= 15 is 0 Å². The third-order valence-corrected chi connectivity index (χ3v) is 10.4. The third kappa shape index (κ3) is 4.46. The van der Waals surface area contributed by atoms with Gasteiger partial charge in [0, 0.05) is 0 Å². The normalized spacial score (nSPS) is 19.2. The van der Waals surface area contributed by atoms with E-state index in [0.29, 0.717) is 0 Å². The van der Waals surface area contributed by atoms with Gasteiger partial charge in [-0.3, -0.25) is 0 Å². The summed E-state index contributed by atoms with van der Waals surface area (Å²) in [5.41, 5.74) is 20.9. The van der Waals surface area contributed by atoms with Gasteiger partial charge < -0.3 is 22.4 Å². The second-order valence-electron chi connectivity index (χ2n) is 12.8. The molecule has 0 unspecified atom stereocenters. The molecule has 0 spiro atoms. The molecule has 214 valence electrons. The first-order chi connectivity index (χ1) is 19.8. The van der Waals surface area contributed by atoms with Crippen molar-refractivity contribution in [2.24, 2.45) is 0 Å². The minimum Gasteiger partial charge on any atom is -1.00 e. The van der Waals surface area contributed by atoms with Gasteiger partial charge in [-0.15, -0.1) is 22.1 Å². The van der Waals surface area contributed by atoms with Crippen LogP contribution in [0.4, 0.5) is 0 Å². The molecule has 0 fully saturated rings. The number of aryl methyl sites for hydroxylation is 4. The molecule has 0 saturated heterocycles. The Kier molecular flexibility index (Phi) is 7.49. The van der Waals surface area contributed by atoms with Crippen molar-refractivity contribution in [1.29, 1.82) is 0 Å². The fourth-order valence-electron chi connectivity index (χ4n) is 8.41. The summed E-state index contributed by atoms with van der Waals surface area (Å²) in [6.07, 6.45) is 19.0. The van der Waals surface area contributed by atoms with Crippen LogP contribution in [0, 0.1) is 0 Å². The first-order valence-corrected chi connectivity index (χ1v) is 15.9. The molecule has 9 rings (SSSR count). The molecule has 2 aliphatic heterocycles. The Bertz CT molecular complexity index is 1690. The van der Waals surface area contributed by atoms with Crippen LogP contribution in [0.5, 0.6) is 0 Å². The van der Waals surface area contributed by atoms with E-state index in [2.05, 4.69) is 24.3 Å². The first kappa shape index (κ1) is 28.2. The summed E-state index contributed by atoms with van der Waals surface area (Å²) >= 11 is 0. The molecule has 0 N–H and O–H groups in total. The monoisotopic (exact) mass is 614 g/mol. The van der Waals surface area contributed by atoms with Gasteiger partial charge in [-0.25, -0.2) is 9.97 Å². The van der Waals surface area contributed by atoms with E-state index in [9.17, 15) is 0 Å². The van der Waals surface area contributed by atoms with Crippen molar-refractivity contribution >= 4 is 44.4 Å². The zero-order chi connectivity index (χ0) is 26.2. The van der Waals surface area contributed by atoms with E-state index in [1.165, 1.54) is 95.9 Å². The molecular formula is C36H36ClMnN4. The Balaban J connectivity index is 0.00000144. The third-order valence-electron chi connectivity index (χ3n) is 10.4. The van der Waals surface area contributed by atoms with Crippen LogP contribution >= 0.6 is 0 Å². The largest absolute Gasteiger partial charge is 3.00 e. The molecule has 6 heteroatoms. The first-order valence-electron chi connectivity index (χ1n) is 15.9. The maximum Gasteiger partial charge on any atom is 3.00 e. The van der Waals surface area contributed by atoms with Gasteiger partial charge in [-0.2, -0.15) is 0 Å². The van der Waals surface area contributed by atoms with Crippen molar-refractivity contribution in [3.63, 3.8) is 0 Å². The SMILES string of the molecule is [Cl-].[Mn+3].c1c2nc(cc3[n-]c(cc4[n-]c(cc5nc1C1=C5CCCC1)c1c4CCCC1)c1c3CCCC1)C1=C2CCCC1. The molecule has 3 aromatic rings. The molecular weight excluding hydrogens is 579 g/mol. The van der Waals surface area contributed by atoms with Crippen molar-refractivity contribution in [3.05, 3.63) is 69.3 Å². The van der Waals surface area contributed by atoms with E-state index in [1.54, 1.807) is 0 Å². The number of hydrogen-bond donors (Lipinski definition) is 0. The van der Waals surface area contributed by atoms with Gasteiger partial charge in [-0.1, -0.05) is 40.5 Å². The van der Waals surface area contributed by atoms with Crippen molar-refractivity contribution in [2.45, 2.75) is 103 Å². The standard InChI is InChI=1S/C36H36N4.ClH.Mn/c1-2-10-22-21(9-1)29-17-31-23-11-3-4-12-24(23)33(38-31)19-35-27-15-7-8-16-28(27)36(40-35)20-34-26-14-6-5-13-25(26)32(39-34)18-30(22)37-29;;/h17-20H,1-16H2;1H;/q-2;;+3/p-1. The molecule has 0 atom stereocenters. The number of aromatic nitrogens is 4. The van der Waals surface area contributed by atoms with Gasteiger partial charge >= 0.3 is 17.1 Å². The number of fused-ring (bicyclic) bond motifs is 18. The summed E-state index contributed by atoms with van der Waals surface area (Å²) in [4.78, 5) is 21.3. The molecule has 5 heterocycles. The summed E-state index contributed by atoms with van der Waals surface area (Å²) < 4.78 is 0. The molecule has 6 aliphatic rings. The van der Waals surface area contributed by atoms with Crippen LogP contribution in [0.1, 0.15) is 122 Å². The van der Waals surface area contributed by atoms with Gasteiger partial charge in [0.2, 0.25) is 0 Å². The van der Waals surface area contributed by atoms with Crippen LogP contribution in [0.15, 0.2) is 24.3 Å². The number of nitrogens with zero attached hydrogens (tertiary/aromatic N) is 4. The summed E-state index contributed by atoms with van der Waals surface area (Å²) in [7, 11) is 0. The summed E-state index contributed by atoms with van der Waals surface area (Å²) in [6, 6.07) is 9.34. The molecule has 42 heavy (non-hydrogen) atoms. The number of halogens is 1. The van der Waals surface area contributed by atoms with Crippen LogP contribution in [0.2, 0.25) is 0 Å². The number of hydrogen-bond acceptors (Lipinski definition) is 2. The quantitative estimate of drug-likeness (QED) is 0.323. The van der Waals surface area contributed by atoms with Crippen LogP contribution < -0.4 is 22.4 Å². The van der Waals surface area contributed by atoms with Crippen molar-refractivity contribution in [1.82, 2.24) is 19.9 Å². The molecule has 0 amide bonds. The zero-order valence-corrected chi connectivity index (χ0v) is 26.1. The van der Waals surface area contributed by atoms with Crippen molar-refractivity contribution < 1.29 is 29.5 Å². The van der Waals surface area contributed by atoms with Crippen molar-refractivity contribution in [2.75, 3.05) is 0 Å². The second kappa shape index (κ2) is 11.2. The van der Waals surface area contributed by atoms with Gasteiger partial charge in [0.15, 0.2) is 0 Å². The van der Waals surface area contributed by atoms with Gasteiger partial charge in [0.1, 0.15) is 0 Å². The number of rotatable bonds is 0. The molecule has 8 bridgehead atoms. The van der Waals surface area contributed by atoms with Gasteiger partial charge in [0.05, 0.1) is 22.8 Å². The predicted octanol–water partition coefficient (Wildman–Crippen LogP) is 5.30. The van der Waals surface area contributed by atoms with Crippen LogP contribution in [0.3, 0.4) is 0 Å². The summed E-state index contributed by atoms with van der Waals surface area (Å²) in [5.74, 6) is 0. The molecule has 4 aliphatic carbocycles. The predicted molar refractivity (Wildman–Crippen MR) is 163 cm³/mol. The zero-order valence-electron chi connectivity index (χ0n) is 24.2. The maximum atomic E-state index is 5.34. The van der Waals surface area contributed by atoms with E-state index < -0.39 is 0 Å².